The van der Waals surface area contributed by atoms with E-state index in [2.05, 4.69) is 12.2 Å². The molecule has 1 saturated heterocycles. The second-order valence-corrected chi connectivity index (χ2v) is 3.88. The van der Waals surface area contributed by atoms with Gasteiger partial charge < -0.3 is 14.8 Å². The van der Waals surface area contributed by atoms with E-state index >= 15 is 0 Å². The van der Waals surface area contributed by atoms with Gasteiger partial charge in [0, 0.05) is 19.3 Å². The molecule has 1 aliphatic heterocycles. The average Bonchev–Trinajstić information content (AvgIpc) is 2.25. The van der Waals surface area contributed by atoms with Crippen LogP contribution >= 0.6 is 0 Å². The van der Waals surface area contributed by atoms with Crippen molar-refractivity contribution in [2.24, 2.45) is 0 Å². The minimum Gasteiger partial charge on any atom is -0.379 e. The van der Waals surface area contributed by atoms with Gasteiger partial charge in [0.15, 0.2) is 0 Å². The fraction of sp³-hybridized carbons (Fsp3) is 1.00. The van der Waals surface area contributed by atoms with Crippen LogP contribution in [0.4, 0.5) is 0 Å². The molecule has 0 spiro atoms. The number of hydrogen-bond acceptors (Lipinski definition) is 3. The summed E-state index contributed by atoms with van der Waals surface area (Å²) in [7, 11) is 2.00. The van der Waals surface area contributed by atoms with E-state index in [1.54, 1.807) is 0 Å². The van der Waals surface area contributed by atoms with Crippen LogP contribution in [0.1, 0.15) is 32.6 Å². The van der Waals surface area contributed by atoms with Crippen molar-refractivity contribution in [1.29, 1.82) is 0 Å². The predicted molar refractivity (Wildman–Crippen MR) is 57.5 cm³/mol. The Morgan fingerprint density at radius 3 is 3.00 bits per heavy atom. The molecule has 14 heavy (non-hydrogen) atoms. The van der Waals surface area contributed by atoms with Crippen molar-refractivity contribution in [1.82, 2.24) is 5.32 Å². The molecule has 3 heteroatoms. The molecule has 2 atom stereocenters. The van der Waals surface area contributed by atoms with Gasteiger partial charge in [0.25, 0.3) is 0 Å². The van der Waals surface area contributed by atoms with Crippen molar-refractivity contribution in [3.05, 3.63) is 0 Å². The third kappa shape index (κ3) is 3.95. The van der Waals surface area contributed by atoms with Crippen LogP contribution in [0.2, 0.25) is 0 Å². The smallest absolute Gasteiger partial charge is 0.0961 e. The molecule has 0 bridgehead atoms. The molecule has 0 saturated carbocycles. The van der Waals surface area contributed by atoms with Gasteiger partial charge in [-0.05, 0) is 19.9 Å². The Morgan fingerprint density at radius 1 is 1.43 bits per heavy atom. The minimum absolute atomic E-state index is 0.255. The molecule has 0 aromatic carbocycles. The van der Waals surface area contributed by atoms with Crippen molar-refractivity contribution in [2.45, 2.75) is 44.8 Å². The highest BCUT2D eigenvalue weighted by molar-refractivity contribution is 4.78. The molecule has 0 aromatic heterocycles. The molecule has 0 aromatic rings. The normalized spacial score (nSPS) is 27.9. The molecule has 0 aliphatic carbocycles. The number of rotatable bonds is 6. The van der Waals surface area contributed by atoms with Crippen LogP contribution in [0.15, 0.2) is 0 Å². The van der Waals surface area contributed by atoms with Crippen LogP contribution in [0.3, 0.4) is 0 Å². The zero-order valence-corrected chi connectivity index (χ0v) is 9.42. The fourth-order valence-electron chi connectivity index (χ4n) is 1.79. The van der Waals surface area contributed by atoms with Gasteiger partial charge in [-0.1, -0.05) is 19.8 Å². The third-order valence-corrected chi connectivity index (χ3v) is 2.75. The van der Waals surface area contributed by atoms with Crippen LogP contribution in [-0.4, -0.2) is 39.0 Å². The van der Waals surface area contributed by atoms with Crippen molar-refractivity contribution in [2.75, 3.05) is 26.9 Å². The molecule has 1 aliphatic rings. The van der Waals surface area contributed by atoms with Crippen molar-refractivity contribution in [3.63, 3.8) is 0 Å². The maximum absolute atomic E-state index is 5.80. The molecule has 1 rings (SSSR count). The van der Waals surface area contributed by atoms with Gasteiger partial charge in [0.2, 0.25) is 0 Å². The highest BCUT2D eigenvalue weighted by atomic mass is 16.5. The van der Waals surface area contributed by atoms with Gasteiger partial charge in [0.1, 0.15) is 0 Å². The van der Waals surface area contributed by atoms with Crippen molar-refractivity contribution in [3.8, 4) is 0 Å². The van der Waals surface area contributed by atoms with Gasteiger partial charge >= 0.3 is 0 Å². The zero-order valence-electron chi connectivity index (χ0n) is 9.42. The maximum atomic E-state index is 5.80. The second kappa shape index (κ2) is 7.21. The highest BCUT2D eigenvalue weighted by Gasteiger charge is 2.24. The summed E-state index contributed by atoms with van der Waals surface area (Å²) >= 11 is 0. The van der Waals surface area contributed by atoms with Crippen LogP contribution < -0.4 is 5.32 Å². The monoisotopic (exact) mass is 201 g/mol. The molecular weight excluding hydrogens is 178 g/mol. The first-order valence-electron chi connectivity index (χ1n) is 5.75. The Balaban J connectivity index is 2.13. The van der Waals surface area contributed by atoms with Crippen LogP contribution in [0, 0.1) is 0 Å². The summed E-state index contributed by atoms with van der Waals surface area (Å²) in [5.74, 6) is 0. The molecule has 1 N–H and O–H groups in total. The van der Waals surface area contributed by atoms with E-state index in [1.165, 1.54) is 19.3 Å². The van der Waals surface area contributed by atoms with Crippen LogP contribution in [0.5, 0.6) is 0 Å². The molecule has 0 radical (unpaired) electrons. The number of unbranched alkanes of at least 4 members (excludes halogenated alkanes) is 2. The summed E-state index contributed by atoms with van der Waals surface area (Å²) in [6, 6.07) is 0.477. The third-order valence-electron chi connectivity index (χ3n) is 2.75. The first kappa shape index (κ1) is 12.0. The van der Waals surface area contributed by atoms with E-state index in [0.29, 0.717) is 6.04 Å². The van der Waals surface area contributed by atoms with Gasteiger partial charge in [0.05, 0.1) is 12.7 Å². The molecule has 1 heterocycles. The van der Waals surface area contributed by atoms with E-state index in [9.17, 15) is 0 Å². The first-order valence-corrected chi connectivity index (χ1v) is 5.75. The molecule has 2 unspecified atom stereocenters. The summed E-state index contributed by atoms with van der Waals surface area (Å²) in [5.41, 5.74) is 0. The summed E-state index contributed by atoms with van der Waals surface area (Å²) in [4.78, 5) is 0. The fourth-order valence-corrected chi connectivity index (χ4v) is 1.79. The van der Waals surface area contributed by atoms with E-state index in [4.69, 9.17) is 9.47 Å². The molecule has 0 amide bonds. The maximum Gasteiger partial charge on any atom is 0.0961 e. The summed E-state index contributed by atoms with van der Waals surface area (Å²) < 4.78 is 11.2. The number of ether oxygens (including phenoxy) is 2. The Kier molecular flexibility index (Phi) is 6.15. The number of hydrogen-bond donors (Lipinski definition) is 1. The van der Waals surface area contributed by atoms with Gasteiger partial charge in [-0.25, -0.2) is 0 Å². The Bertz CT molecular complexity index is 141. The largest absolute Gasteiger partial charge is 0.379 e. The standard InChI is InChI=1S/C11H23NO2/c1-3-4-5-7-14-11-9-13-8-6-10(11)12-2/h10-12H,3-9H2,1-2H3. The van der Waals surface area contributed by atoms with Gasteiger partial charge in [-0.3, -0.25) is 0 Å². The van der Waals surface area contributed by atoms with Gasteiger partial charge in [-0.15, -0.1) is 0 Å². The van der Waals surface area contributed by atoms with E-state index < -0.39 is 0 Å². The summed E-state index contributed by atoms with van der Waals surface area (Å²) in [6.07, 6.45) is 5.00. The Labute approximate surface area is 87.2 Å². The number of nitrogens with one attached hydrogen (secondary N) is 1. The average molecular weight is 201 g/mol. The molecule has 3 nitrogen and oxygen atoms in total. The Morgan fingerprint density at radius 2 is 2.29 bits per heavy atom. The first-order chi connectivity index (χ1) is 6.88. The molecular formula is C11H23NO2. The molecule has 1 fully saturated rings. The predicted octanol–water partition coefficient (Wildman–Crippen LogP) is 1.57. The molecule has 84 valence electrons. The lowest BCUT2D eigenvalue weighted by molar-refractivity contribution is -0.0681. The lowest BCUT2D eigenvalue weighted by atomic mass is 10.1. The zero-order chi connectivity index (χ0) is 10.2. The van der Waals surface area contributed by atoms with E-state index in [-0.39, 0.29) is 6.10 Å². The quantitative estimate of drug-likeness (QED) is 0.662. The lowest BCUT2D eigenvalue weighted by Crippen LogP contribution is -2.46. The summed E-state index contributed by atoms with van der Waals surface area (Å²) in [5, 5.41) is 3.29. The second-order valence-electron chi connectivity index (χ2n) is 3.88. The number of likely N-dealkylation sites (N-methyl/N-ethyl adjacent to an activating group) is 1. The van der Waals surface area contributed by atoms with Crippen LogP contribution in [-0.2, 0) is 9.47 Å². The minimum atomic E-state index is 0.255. The van der Waals surface area contributed by atoms with Crippen molar-refractivity contribution >= 4 is 0 Å². The van der Waals surface area contributed by atoms with Crippen LogP contribution in [0.25, 0.3) is 0 Å². The highest BCUT2D eigenvalue weighted by Crippen LogP contribution is 2.11. The van der Waals surface area contributed by atoms with Gasteiger partial charge in [-0.2, -0.15) is 0 Å². The SMILES string of the molecule is CCCCCOC1COCCC1NC. The van der Waals surface area contributed by atoms with E-state index in [1.807, 2.05) is 7.05 Å². The summed E-state index contributed by atoms with van der Waals surface area (Å²) in [6.45, 7) is 4.69. The lowest BCUT2D eigenvalue weighted by Gasteiger charge is -2.31. The van der Waals surface area contributed by atoms with Crippen molar-refractivity contribution < 1.29 is 9.47 Å². The van der Waals surface area contributed by atoms with E-state index in [0.717, 1.165) is 26.2 Å². The topological polar surface area (TPSA) is 30.5 Å². The Hall–Kier alpha value is -0.120.